The SMILES string of the molecule is CN=C(NCCCOC1CCCCC1)NCC(=O)N(C)CC(F)(F)F.I. The fourth-order valence-electron chi connectivity index (χ4n) is 2.63. The van der Waals surface area contributed by atoms with E-state index in [0.29, 0.717) is 30.1 Å². The molecule has 1 aliphatic carbocycles. The van der Waals surface area contributed by atoms with Crippen LogP contribution in [0.4, 0.5) is 13.2 Å². The normalized spacial score (nSPS) is 16.0. The smallest absolute Gasteiger partial charge is 0.378 e. The van der Waals surface area contributed by atoms with Crippen LogP contribution >= 0.6 is 24.0 Å². The van der Waals surface area contributed by atoms with E-state index in [1.807, 2.05) is 0 Å². The number of amides is 1. The van der Waals surface area contributed by atoms with Crippen molar-refractivity contribution < 1.29 is 22.7 Å². The first-order chi connectivity index (χ1) is 11.8. The Balaban J connectivity index is 0.00000625. The molecule has 0 atom stereocenters. The van der Waals surface area contributed by atoms with Crippen LogP contribution in [-0.4, -0.2) is 69.4 Å². The second-order valence-corrected chi connectivity index (χ2v) is 6.20. The fraction of sp³-hybridized carbons (Fsp3) is 0.875. The third-order valence-corrected chi connectivity index (χ3v) is 3.99. The van der Waals surface area contributed by atoms with Gasteiger partial charge in [0.1, 0.15) is 6.54 Å². The first-order valence-electron chi connectivity index (χ1n) is 8.68. The number of carbonyl (C=O) groups is 1. The number of likely N-dealkylation sites (N-methyl/N-ethyl adjacent to an activating group) is 1. The van der Waals surface area contributed by atoms with Crippen LogP contribution in [0, 0.1) is 0 Å². The molecule has 6 nitrogen and oxygen atoms in total. The molecule has 1 rings (SSSR count). The second kappa shape index (κ2) is 13.4. The summed E-state index contributed by atoms with van der Waals surface area (Å²) in [4.78, 5) is 16.2. The van der Waals surface area contributed by atoms with E-state index in [-0.39, 0.29) is 30.5 Å². The van der Waals surface area contributed by atoms with E-state index in [2.05, 4.69) is 15.6 Å². The lowest BCUT2D eigenvalue weighted by atomic mass is 9.98. The summed E-state index contributed by atoms with van der Waals surface area (Å²) in [5, 5.41) is 5.73. The van der Waals surface area contributed by atoms with Gasteiger partial charge in [-0.1, -0.05) is 19.3 Å². The number of nitrogens with zero attached hydrogens (tertiary/aromatic N) is 2. The van der Waals surface area contributed by atoms with Gasteiger partial charge >= 0.3 is 6.18 Å². The number of nitrogens with one attached hydrogen (secondary N) is 2. The van der Waals surface area contributed by atoms with Crippen molar-refractivity contribution in [2.75, 3.05) is 40.3 Å². The van der Waals surface area contributed by atoms with Crippen molar-refractivity contribution in [3.05, 3.63) is 0 Å². The molecule has 2 N–H and O–H groups in total. The number of alkyl halides is 3. The van der Waals surface area contributed by atoms with Gasteiger partial charge in [-0.2, -0.15) is 13.2 Å². The number of hydrogen-bond donors (Lipinski definition) is 2. The summed E-state index contributed by atoms with van der Waals surface area (Å²) in [6, 6.07) is 0. The van der Waals surface area contributed by atoms with Gasteiger partial charge in [0.2, 0.25) is 5.91 Å². The molecule has 10 heteroatoms. The Bertz CT molecular complexity index is 430. The minimum Gasteiger partial charge on any atom is -0.378 e. The highest BCUT2D eigenvalue weighted by Gasteiger charge is 2.31. The van der Waals surface area contributed by atoms with Crippen molar-refractivity contribution in [3.8, 4) is 0 Å². The zero-order valence-corrected chi connectivity index (χ0v) is 17.7. The van der Waals surface area contributed by atoms with Crippen molar-refractivity contribution >= 4 is 35.8 Å². The first-order valence-corrected chi connectivity index (χ1v) is 8.68. The summed E-state index contributed by atoms with van der Waals surface area (Å²) in [6.45, 7) is -0.246. The van der Waals surface area contributed by atoms with Crippen LogP contribution in [0.3, 0.4) is 0 Å². The van der Waals surface area contributed by atoms with Gasteiger partial charge in [0.05, 0.1) is 12.6 Å². The molecule has 0 heterocycles. The average Bonchev–Trinajstić information content (AvgIpc) is 2.56. The van der Waals surface area contributed by atoms with Gasteiger partial charge in [-0.25, -0.2) is 0 Å². The minimum absolute atomic E-state index is 0. The number of rotatable bonds is 8. The summed E-state index contributed by atoms with van der Waals surface area (Å²) in [6.07, 6.45) is 2.77. The molecule has 0 aromatic carbocycles. The molecule has 0 aromatic heterocycles. The Kier molecular flexibility index (Phi) is 13.0. The third-order valence-electron chi connectivity index (χ3n) is 3.99. The van der Waals surface area contributed by atoms with Crippen molar-refractivity contribution in [2.24, 2.45) is 4.99 Å². The monoisotopic (exact) mass is 494 g/mol. The summed E-state index contributed by atoms with van der Waals surface area (Å²) < 4.78 is 42.5. The maximum atomic E-state index is 12.2. The van der Waals surface area contributed by atoms with Crippen LogP contribution < -0.4 is 10.6 Å². The van der Waals surface area contributed by atoms with E-state index in [1.54, 1.807) is 0 Å². The van der Waals surface area contributed by atoms with Crippen LogP contribution in [0.25, 0.3) is 0 Å². The number of aliphatic imine (C=N–C) groups is 1. The quantitative estimate of drug-likeness (QED) is 0.236. The molecule has 1 aliphatic rings. The molecule has 0 unspecified atom stereocenters. The Morgan fingerprint density at radius 1 is 1.23 bits per heavy atom. The van der Waals surface area contributed by atoms with Crippen molar-refractivity contribution in [1.29, 1.82) is 0 Å². The number of ether oxygens (including phenoxy) is 1. The lowest BCUT2D eigenvalue weighted by Crippen LogP contribution is -2.45. The Labute approximate surface area is 170 Å². The van der Waals surface area contributed by atoms with E-state index >= 15 is 0 Å². The molecule has 26 heavy (non-hydrogen) atoms. The van der Waals surface area contributed by atoms with E-state index in [1.165, 1.54) is 26.3 Å². The third kappa shape index (κ3) is 11.8. The molecule has 0 saturated heterocycles. The van der Waals surface area contributed by atoms with Crippen LogP contribution in [0.15, 0.2) is 4.99 Å². The van der Waals surface area contributed by atoms with Gasteiger partial charge in [0, 0.05) is 27.2 Å². The molecule has 154 valence electrons. The zero-order chi connectivity index (χ0) is 18.7. The maximum Gasteiger partial charge on any atom is 0.406 e. The molecule has 0 radical (unpaired) electrons. The Morgan fingerprint density at radius 2 is 1.88 bits per heavy atom. The lowest BCUT2D eigenvalue weighted by molar-refractivity contribution is -0.157. The lowest BCUT2D eigenvalue weighted by Gasteiger charge is -2.22. The average molecular weight is 494 g/mol. The largest absolute Gasteiger partial charge is 0.406 e. The highest BCUT2D eigenvalue weighted by molar-refractivity contribution is 14.0. The van der Waals surface area contributed by atoms with Gasteiger partial charge in [-0.15, -0.1) is 24.0 Å². The fourth-order valence-corrected chi connectivity index (χ4v) is 2.63. The van der Waals surface area contributed by atoms with E-state index in [0.717, 1.165) is 26.3 Å². The van der Waals surface area contributed by atoms with Crippen molar-refractivity contribution in [2.45, 2.75) is 50.8 Å². The van der Waals surface area contributed by atoms with Gasteiger partial charge in [-0.3, -0.25) is 9.79 Å². The van der Waals surface area contributed by atoms with Gasteiger partial charge in [0.25, 0.3) is 0 Å². The van der Waals surface area contributed by atoms with Crippen LogP contribution in [0.1, 0.15) is 38.5 Å². The number of hydrogen-bond acceptors (Lipinski definition) is 3. The molecule has 1 fully saturated rings. The van der Waals surface area contributed by atoms with E-state index < -0.39 is 18.6 Å². The van der Waals surface area contributed by atoms with Crippen molar-refractivity contribution in [1.82, 2.24) is 15.5 Å². The van der Waals surface area contributed by atoms with Gasteiger partial charge in [0.15, 0.2) is 5.96 Å². The molecule has 0 spiro atoms. The van der Waals surface area contributed by atoms with Gasteiger partial charge < -0.3 is 20.3 Å². The van der Waals surface area contributed by atoms with Crippen LogP contribution in [0.2, 0.25) is 0 Å². The summed E-state index contributed by atoms with van der Waals surface area (Å²) in [5.41, 5.74) is 0. The number of carbonyl (C=O) groups excluding carboxylic acids is 1. The first kappa shape index (κ1) is 25.2. The minimum atomic E-state index is -4.40. The van der Waals surface area contributed by atoms with Gasteiger partial charge in [-0.05, 0) is 19.3 Å². The Morgan fingerprint density at radius 3 is 2.46 bits per heavy atom. The highest BCUT2D eigenvalue weighted by atomic mass is 127. The van der Waals surface area contributed by atoms with E-state index in [4.69, 9.17) is 4.74 Å². The molecule has 0 bridgehead atoms. The summed E-state index contributed by atoms with van der Waals surface area (Å²) >= 11 is 0. The standard InChI is InChI=1S/C16H29F3N4O2.HI/c1-20-15(22-11-14(24)23(2)12-16(17,18)19)21-9-6-10-25-13-7-4-3-5-8-13;/h13H,3-12H2,1-2H3,(H2,20,21,22);1H. The number of guanidine groups is 1. The number of halogens is 4. The Hall–Kier alpha value is -0.780. The van der Waals surface area contributed by atoms with Crippen LogP contribution in [0.5, 0.6) is 0 Å². The zero-order valence-electron chi connectivity index (χ0n) is 15.4. The molecule has 1 amide bonds. The maximum absolute atomic E-state index is 12.2. The highest BCUT2D eigenvalue weighted by Crippen LogP contribution is 2.20. The van der Waals surface area contributed by atoms with E-state index in [9.17, 15) is 18.0 Å². The topological polar surface area (TPSA) is 66.0 Å². The summed E-state index contributed by atoms with van der Waals surface area (Å²) in [7, 11) is 2.66. The molecular formula is C16H30F3IN4O2. The predicted molar refractivity (Wildman–Crippen MR) is 106 cm³/mol. The molecule has 0 aromatic rings. The second-order valence-electron chi connectivity index (χ2n) is 6.20. The molecule has 0 aliphatic heterocycles. The summed E-state index contributed by atoms with van der Waals surface area (Å²) in [5.74, 6) is -0.271. The van der Waals surface area contributed by atoms with Crippen LogP contribution in [-0.2, 0) is 9.53 Å². The van der Waals surface area contributed by atoms with Crippen molar-refractivity contribution in [3.63, 3.8) is 0 Å². The molecule has 1 saturated carbocycles. The predicted octanol–water partition coefficient (Wildman–Crippen LogP) is 2.53. The molecular weight excluding hydrogens is 464 g/mol.